The number of hydrogen-bond donors (Lipinski definition) is 1. The standard InChI is InChI=1S/C9H9NO4/c11-7-1-2-8(12)10(7)4-5-3-6(5)9(13)14/h1-2,5-6H,3-4H2,(H,13,14). The number of amides is 2. The first kappa shape index (κ1) is 8.93. The Balaban J connectivity index is 1.91. The molecule has 0 aromatic rings. The van der Waals surface area contributed by atoms with Gasteiger partial charge in [0.25, 0.3) is 11.8 Å². The molecule has 0 saturated heterocycles. The molecule has 1 heterocycles. The fraction of sp³-hybridized carbons (Fsp3) is 0.444. The van der Waals surface area contributed by atoms with Crippen LogP contribution in [0.4, 0.5) is 0 Å². The summed E-state index contributed by atoms with van der Waals surface area (Å²) in [6.07, 6.45) is 2.98. The van der Waals surface area contributed by atoms with Crippen molar-refractivity contribution in [3.05, 3.63) is 12.2 Å². The van der Waals surface area contributed by atoms with Gasteiger partial charge in [0, 0.05) is 18.7 Å². The van der Waals surface area contributed by atoms with Crippen LogP contribution in [0, 0.1) is 11.8 Å². The van der Waals surface area contributed by atoms with Crippen LogP contribution in [0.1, 0.15) is 6.42 Å². The number of carbonyl (C=O) groups excluding carboxylic acids is 2. The highest BCUT2D eigenvalue weighted by Crippen LogP contribution is 2.39. The Labute approximate surface area is 80.0 Å². The highest BCUT2D eigenvalue weighted by atomic mass is 16.4. The third kappa shape index (κ3) is 1.41. The molecule has 74 valence electrons. The fourth-order valence-electron chi connectivity index (χ4n) is 1.60. The second kappa shape index (κ2) is 2.94. The van der Waals surface area contributed by atoms with Gasteiger partial charge in [0.15, 0.2) is 0 Å². The molecule has 0 bridgehead atoms. The van der Waals surface area contributed by atoms with Crippen LogP contribution < -0.4 is 0 Å². The predicted octanol–water partition coefficient (Wildman–Crippen LogP) is -0.368. The summed E-state index contributed by atoms with van der Waals surface area (Å²) in [6, 6.07) is 0. The molecule has 0 aromatic carbocycles. The minimum Gasteiger partial charge on any atom is -0.481 e. The lowest BCUT2D eigenvalue weighted by atomic mass is 10.3. The van der Waals surface area contributed by atoms with Gasteiger partial charge >= 0.3 is 5.97 Å². The third-order valence-corrected chi connectivity index (χ3v) is 2.56. The fourth-order valence-corrected chi connectivity index (χ4v) is 1.60. The second-order valence-corrected chi connectivity index (χ2v) is 3.56. The van der Waals surface area contributed by atoms with Crippen LogP contribution in [0.5, 0.6) is 0 Å². The molecule has 2 amide bonds. The van der Waals surface area contributed by atoms with Gasteiger partial charge in [-0.25, -0.2) is 0 Å². The quantitative estimate of drug-likeness (QED) is 0.623. The number of aliphatic carboxylic acids is 1. The zero-order valence-corrected chi connectivity index (χ0v) is 7.34. The molecule has 0 aromatic heterocycles. The first-order chi connectivity index (χ1) is 6.59. The lowest BCUT2D eigenvalue weighted by molar-refractivity contribution is -0.141. The summed E-state index contributed by atoms with van der Waals surface area (Å²) < 4.78 is 0. The smallest absolute Gasteiger partial charge is 0.306 e. The molecule has 1 fully saturated rings. The maximum atomic E-state index is 11.1. The van der Waals surface area contributed by atoms with Gasteiger partial charge in [-0.1, -0.05) is 0 Å². The van der Waals surface area contributed by atoms with Gasteiger partial charge in [0.05, 0.1) is 5.92 Å². The molecule has 2 unspecified atom stereocenters. The molecule has 1 saturated carbocycles. The van der Waals surface area contributed by atoms with Crippen LogP contribution in [0.3, 0.4) is 0 Å². The normalized spacial score (nSPS) is 29.9. The summed E-state index contributed by atoms with van der Waals surface area (Å²) in [5, 5.41) is 8.63. The number of hydrogen-bond acceptors (Lipinski definition) is 3. The molecule has 2 aliphatic rings. The summed E-state index contributed by atoms with van der Waals surface area (Å²) in [4.78, 5) is 33.8. The van der Waals surface area contributed by atoms with Gasteiger partial charge in [-0.2, -0.15) is 0 Å². The summed E-state index contributed by atoms with van der Waals surface area (Å²) in [7, 11) is 0. The molecule has 2 rings (SSSR count). The van der Waals surface area contributed by atoms with Crippen molar-refractivity contribution >= 4 is 17.8 Å². The summed E-state index contributed by atoms with van der Waals surface area (Å²) in [5.74, 6) is -1.96. The van der Waals surface area contributed by atoms with Crippen molar-refractivity contribution in [1.82, 2.24) is 4.90 Å². The first-order valence-electron chi connectivity index (χ1n) is 4.36. The molecule has 0 radical (unpaired) electrons. The molecule has 5 nitrogen and oxygen atoms in total. The zero-order valence-electron chi connectivity index (χ0n) is 7.34. The minimum absolute atomic E-state index is 0.0553. The van der Waals surface area contributed by atoms with E-state index >= 15 is 0 Å². The lowest BCUT2D eigenvalue weighted by Gasteiger charge is -2.12. The summed E-state index contributed by atoms with van der Waals surface area (Å²) in [5.41, 5.74) is 0. The minimum atomic E-state index is -0.845. The van der Waals surface area contributed by atoms with Crippen LogP contribution in [0.15, 0.2) is 12.2 Å². The van der Waals surface area contributed by atoms with E-state index < -0.39 is 5.97 Å². The SMILES string of the molecule is O=C(O)C1CC1CN1C(=O)C=CC1=O. The van der Waals surface area contributed by atoms with Crippen molar-refractivity contribution < 1.29 is 19.5 Å². The van der Waals surface area contributed by atoms with Crippen molar-refractivity contribution in [2.24, 2.45) is 11.8 Å². The van der Waals surface area contributed by atoms with Crippen LogP contribution in [0.25, 0.3) is 0 Å². The highest BCUT2D eigenvalue weighted by Gasteiger charge is 2.45. The molecule has 1 N–H and O–H groups in total. The average Bonchev–Trinajstić information content (AvgIpc) is 2.82. The maximum absolute atomic E-state index is 11.1. The van der Waals surface area contributed by atoms with Crippen molar-refractivity contribution in [2.75, 3.05) is 6.54 Å². The van der Waals surface area contributed by atoms with Crippen LogP contribution >= 0.6 is 0 Å². The van der Waals surface area contributed by atoms with Crippen molar-refractivity contribution in [3.63, 3.8) is 0 Å². The molecule has 14 heavy (non-hydrogen) atoms. The Bertz CT molecular complexity index is 329. The number of carbonyl (C=O) groups is 3. The van der Waals surface area contributed by atoms with Gasteiger partial charge in [-0.05, 0) is 12.3 Å². The summed E-state index contributed by atoms with van der Waals surface area (Å²) >= 11 is 0. The maximum Gasteiger partial charge on any atom is 0.306 e. The number of rotatable bonds is 3. The van der Waals surface area contributed by atoms with Crippen molar-refractivity contribution in [2.45, 2.75) is 6.42 Å². The number of carboxylic acids is 1. The molecule has 1 aliphatic carbocycles. The van der Waals surface area contributed by atoms with Gasteiger partial charge < -0.3 is 5.11 Å². The van der Waals surface area contributed by atoms with Crippen molar-refractivity contribution in [3.8, 4) is 0 Å². The van der Waals surface area contributed by atoms with Crippen LogP contribution in [0.2, 0.25) is 0 Å². The van der Waals surface area contributed by atoms with E-state index in [2.05, 4.69) is 0 Å². The largest absolute Gasteiger partial charge is 0.481 e. The average molecular weight is 195 g/mol. The zero-order chi connectivity index (χ0) is 10.3. The molecular formula is C9H9NO4. The monoisotopic (exact) mass is 195 g/mol. The number of carboxylic acid groups (broad SMARTS) is 1. The Kier molecular flexibility index (Phi) is 1.87. The van der Waals surface area contributed by atoms with Gasteiger partial charge in [-0.3, -0.25) is 19.3 Å². The molecular weight excluding hydrogens is 186 g/mol. The van der Waals surface area contributed by atoms with E-state index in [1.807, 2.05) is 0 Å². The van der Waals surface area contributed by atoms with E-state index in [1.165, 1.54) is 12.2 Å². The first-order valence-corrected chi connectivity index (χ1v) is 4.36. The van der Waals surface area contributed by atoms with Crippen LogP contribution in [-0.2, 0) is 14.4 Å². The Morgan fingerprint density at radius 3 is 2.43 bits per heavy atom. The second-order valence-electron chi connectivity index (χ2n) is 3.56. The predicted molar refractivity (Wildman–Crippen MR) is 45.1 cm³/mol. The number of imide groups is 1. The Morgan fingerprint density at radius 1 is 1.43 bits per heavy atom. The Hall–Kier alpha value is -1.65. The molecule has 5 heteroatoms. The summed E-state index contributed by atoms with van der Waals surface area (Å²) in [6.45, 7) is 0.238. The van der Waals surface area contributed by atoms with E-state index in [0.717, 1.165) is 4.90 Å². The van der Waals surface area contributed by atoms with Crippen LogP contribution in [-0.4, -0.2) is 34.3 Å². The van der Waals surface area contributed by atoms with E-state index in [-0.39, 0.29) is 30.2 Å². The van der Waals surface area contributed by atoms with E-state index in [1.54, 1.807) is 0 Å². The lowest BCUT2D eigenvalue weighted by Crippen LogP contribution is -2.32. The topological polar surface area (TPSA) is 74.7 Å². The molecule has 0 spiro atoms. The van der Waals surface area contributed by atoms with E-state index in [9.17, 15) is 14.4 Å². The number of nitrogens with zero attached hydrogens (tertiary/aromatic N) is 1. The van der Waals surface area contributed by atoms with Gasteiger partial charge in [0.2, 0.25) is 0 Å². The molecule has 2 atom stereocenters. The van der Waals surface area contributed by atoms with Gasteiger partial charge in [-0.15, -0.1) is 0 Å². The van der Waals surface area contributed by atoms with E-state index in [0.29, 0.717) is 6.42 Å². The Morgan fingerprint density at radius 2 is 2.00 bits per heavy atom. The van der Waals surface area contributed by atoms with Crippen molar-refractivity contribution in [1.29, 1.82) is 0 Å². The highest BCUT2D eigenvalue weighted by molar-refractivity contribution is 6.12. The van der Waals surface area contributed by atoms with Gasteiger partial charge in [0.1, 0.15) is 0 Å². The third-order valence-electron chi connectivity index (χ3n) is 2.56. The molecule has 1 aliphatic heterocycles. The van der Waals surface area contributed by atoms with E-state index in [4.69, 9.17) is 5.11 Å².